The largest absolute Gasteiger partial charge is 0.493 e. The van der Waals surface area contributed by atoms with Gasteiger partial charge >= 0.3 is 0 Å². The van der Waals surface area contributed by atoms with E-state index < -0.39 is 0 Å². The molecule has 0 amide bonds. The van der Waals surface area contributed by atoms with Crippen molar-refractivity contribution >= 4 is 34.8 Å². The van der Waals surface area contributed by atoms with Crippen LogP contribution in [-0.4, -0.2) is 25.9 Å². The third-order valence-corrected chi connectivity index (χ3v) is 2.71. The Bertz CT molecular complexity index is 547. The van der Waals surface area contributed by atoms with Gasteiger partial charge in [0.05, 0.1) is 16.9 Å². The molecule has 0 saturated carbocycles. The number of methoxy groups -OCH3 is 1. The first kappa shape index (κ1) is 15.0. The molecule has 1 aromatic rings. The van der Waals surface area contributed by atoms with Gasteiger partial charge in [-0.15, -0.1) is 5.10 Å². The molecule has 19 heavy (non-hydrogen) atoms. The van der Waals surface area contributed by atoms with Gasteiger partial charge in [0.1, 0.15) is 6.07 Å². The number of nitrogens with zero attached hydrogens (tertiary/aromatic N) is 3. The number of hydrogen-bond acceptors (Lipinski definition) is 5. The van der Waals surface area contributed by atoms with E-state index in [4.69, 9.17) is 26.2 Å². The highest BCUT2D eigenvalue weighted by molar-refractivity contribution is 14.1. The summed E-state index contributed by atoms with van der Waals surface area (Å²) in [5, 5.41) is 15.7. The maximum atomic E-state index is 8.53. The Balaban J connectivity index is 3.06. The van der Waals surface area contributed by atoms with Crippen LogP contribution in [0.5, 0.6) is 11.5 Å². The van der Waals surface area contributed by atoms with Gasteiger partial charge in [0, 0.05) is 0 Å². The van der Waals surface area contributed by atoms with Crippen molar-refractivity contribution in [1.82, 2.24) is 0 Å². The van der Waals surface area contributed by atoms with Crippen molar-refractivity contribution in [2.24, 2.45) is 21.7 Å². The van der Waals surface area contributed by atoms with Crippen molar-refractivity contribution in [1.29, 1.82) is 5.26 Å². The summed E-state index contributed by atoms with van der Waals surface area (Å²) in [6.45, 7) is -0.0478. The van der Waals surface area contributed by atoms with Gasteiger partial charge in [0.25, 0.3) is 0 Å². The molecule has 0 unspecified atom stereocenters. The molecule has 1 rings (SSSR count). The fourth-order valence-electron chi connectivity index (χ4n) is 1.22. The number of hydrogen-bond donors (Lipinski definition) is 2. The van der Waals surface area contributed by atoms with Crippen LogP contribution in [0.25, 0.3) is 0 Å². The predicted molar refractivity (Wildman–Crippen MR) is 80.2 cm³/mol. The Hall–Kier alpha value is -2.02. The van der Waals surface area contributed by atoms with Crippen LogP contribution < -0.4 is 20.9 Å². The van der Waals surface area contributed by atoms with Crippen LogP contribution >= 0.6 is 22.6 Å². The topological polar surface area (TPSA) is 119 Å². The minimum Gasteiger partial charge on any atom is -0.493 e. The number of halogens is 1. The molecule has 0 bridgehead atoms. The molecule has 100 valence electrons. The van der Waals surface area contributed by atoms with Crippen molar-refractivity contribution < 1.29 is 9.47 Å². The summed E-state index contributed by atoms with van der Waals surface area (Å²) in [5.74, 6) is 0.906. The maximum Gasteiger partial charge on any atom is 0.211 e. The van der Waals surface area contributed by atoms with Gasteiger partial charge in [-0.1, -0.05) is 0 Å². The Labute approximate surface area is 124 Å². The number of ether oxygens (including phenoxy) is 2. The van der Waals surface area contributed by atoms with Crippen LogP contribution in [0.4, 0.5) is 0 Å². The average molecular weight is 373 g/mol. The van der Waals surface area contributed by atoms with E-state index in [9.17, 15) is 0 Å². The third kappa shape index (κ3) is 4.63. The quantitative estimate of drug-likeness (QED) is 0.343. The normalized spacial score (nSPS) is 9.95. The highest BCUT2D eigenvalue weighted by Gasteiger charge is 2.10. The summed E-state index contributed by atoms with van der Waals surface area (Å²) >= 11 is 2.08. The lowest BCUT2D eigenvalue weighted by Crippen LogP contribution is -2.21. The Morgan fingerprint density at radius 1 is 1.53 bits per heavy atom. The van der Waals surface area contributed by atoms with Gasteiger partial charge in [-0.05, 0) is 40.3 Å². The highest BCUT2D eigenvalue weighted by atomic mass is 127. The molecule has 0 atom stereocenters. The summed E-state index contributed by atoms with van der Waals surface area (Å²) in [6, 6.07) is 5.42. The zero-order chi connectivity index (χ0) is 14.3. The van der Waals surface area contributed by atoms with Crippen LogP contribution in [0.1, 0.15) is 5.56 Å². The molecule has 7 nitrogen and oxygen atoms in total. The first-order chi connectivity index (χ1) is 9.08. The Morgan fingerprint density at radius 3 is 2.84 bits per heavy atom. The van der Waals surface area contributed by atoms with Gasteiger partial charge in [-0.3, -0.25) is 0 Å². The molecule has 0 aliphatic heterocycles. The molecular weight excluding hydrogens is 361 g/mol. The number of guanidine groups is 1. The fourth-order valence-corrected chi connectivity index (χ4v) is 2.00. The molecular formula is C11H12IN5O2. The number of rotatable bonds is 5. The van der Waals surface area contributed by atoms with Gasteiger partial charge in [-0.2, -0.15) is 10.4 Å². The van der Waals surface area contributed by atoms with Gasteiger partial charge in [-0.25, -0.2) is 0 Å². The number of benzene rings is 1. The number of nitriles is 1. The van der Waals surface area contributed by atoms with Crippen molar-refractivity contribution in [3.05, 3.63) is 21.3 Å². The van der Waals surface area contributed by atoms with Crippen LogP contribution in [-0.2, 0) is 0 Å². The minimum atomic E-state index is -0.119. The van der Waals surface area contributed by atoms with E-state index in [1.165, 1.54) is 13.3 Å². The molecule has 0 aliphatic rings. The van der Waals surface area contributed by atoms with Crippen molar-refractivity contribution in [2.45, 2.75) is 0 Å². The van der Waals surface area contributed by atoms with E-state index in [0.29, 0.717) is 11.5 Å². The second-order valence-corrected chi connectivity index (χ2v) is 4.41. The van der Waals surface area contributed by atoms with E-state index >= 15 is 0 Å². The molecule has 0 radical (unpaired) electrons. The van der Waals surface area contributed by atoms with E-state index in [1.54, 1.807) is 6.07 Å². The van der Waals surface area contributed by atoms with Gasteiger partial charge in [0.15, 0.2) is 18.1 Å². The molecule has 0 aliphatic carbocycles. The molecule has 0 aromatic heterocycles. The molecule has 0 saturated heterocycles. The van der Waals surface area contributed by atoms with Crippen LogP contribution in [0.15, 0.2) is 22.3 Å². The second-order valence-electron chi connectivity index (χ2n) is 3.25. The molecule has 1 aromatic carbocycles. The Kier molecular flexibility index (Phi) is 5.87. The monoisotopic (exact) mass is 373 g/mol. The van der Waals surface area contributed by atoms with Crippen molar-refractivity contribution in [3.8, 4) is 17.6 Å². The smallest absolute Gasteiger partial charge is 0.211 e. The summed E-state index contributed by atoms with van der Waals surface area (Å²) in [4.78, 5) is 0. The fraction of sp³-hybridized carbons (Fsp3) is 0.182. The third-order valence-electron chi connectivity index (χ3n) is 1.91. The van der Waals surface area contributed by atoms with Gasteiger partial charge in [0.2, 0.25) is 5.96 Å². The molecule has 0 fully saturated rings. The van der Waals surface area contributed by atoms with Crippen molar-refractivity contribution in [3.63, 3.8) is 0 Å². The number of nitrogens with two attached hydrogens (primary N) is 2. The van der Waals surface area contributed by atoms with E-state index in [0.717, 1.165) is 9.13 Å². The first-order valence-corrected chi connectivity index (χ1v) is 6.15. The van der Waals surface area contributed by atoms with E-state index in [1.807, 2.05) is 12.1 Å². The zero-order valence-electron chi connectivity index (χ0n) is 10.1. The Morgan fingerprint density at radius 2 is 2.26 bits per heavy atom. The minimum absolute atomic E-state index is 0.0478. The highest BCUT2D eigenvalue weighted by Crippen LogP contribution is 2.33. The SMILES string of the molecule is COc1cc(C=NN=C(N)N)cc(I)c1OCC#N. The molecule has 0 spiro atoms. The first-order valence-electron chi connectivity index (χ1n) is 5.07. The zero-order valence-corrected chi connectivity index (χ0v) is 12.3. The predicted octanol–water partition coefficient (Wildman–Crippen LogP) is 0.809. The summed E-state index contributed by atoms with van der Waals surface area (Å²) in [5.41, 5.74) is 11.1. The standard InChI is InChI=1S/C11H12IN5O2/c1-18-9-5-7(6-16-17-11(14)15)4-8(12)10(9)19-3-2-13/h4-6H,3H2,1H3,(H4,14,15,17). The van der Waals surface area contributed by atoms with E-state index in [-0.39, 0.29) is 12.6 Å². The average Bonchev–Trinajstić information content (AvgIpc) is 2.36. The maximum absolute atomic E-state index is 8.53. The summed E-state index contributed by atoms with van der Waals surface area (Å²) in [7, 11) is 1.52. The van der Waals surface area contributed by atoms with Crippen LogP contribution in [0, 0.1) is 14.9 Å². The lowest BCUT2D eigenvalue weighted by Gasteiger charge is -2.11. The summed E-state index contributed by atoms with van der Waals surface area (Å²) in [6.07, 6.45) is 1.48. The van der Waals surface area contributed by atoms with Crippen LogP contribution in [0.2, 0.25) is 0 Å². The van der Waals surface area contributed by atoms with Gasteiger partial charge < -0.3 is 20.9 Å². The van der Waals surface area contributed by atoms with Crippen molar-refractivity contribution in [2.75, 3.05) is 13.7 Å². The van der Waals surface area contributed by atoms with Crippen LogP contribution in [0.3, 0.4) is 0 Å². The van der Waals surface area contributed by atoms with E-state index in [2.05, 4.69) is 32.8 Å². The molecule has 8 heteroatoms. The summed E-state index contributed by atoms with van der Waals surface area (Å²) < 4.78 is 11.3. The lowest BCUT2D eigenvalue weighted by molar-refractivity contribution is 0.327. The molecule has 0 heterocycles. The second kappa shape index (κ2) is 7.42. The molecule has 4 N–H and O–H groups in total. The lowest BCUT2D eigenvalue weighted by atomic mass is 10.2.